The van der Waals surface area contributed by atoms with Crippen LogP contribution < -0.4 is 16.0 Å². The highest BCUT2D eigenvalue weighted by atomic mass is 35.5. The number of rotatable bonds is 7. The number of hydrogen-bond acceptors (Lipinski definition) is 7. The summed E-state index contributed by atoms with van der Waals surface area (Å²) in [6, 6.07) is 0.435. The van der Waals surface area contributed by atoms with Crippen LogP contribution in [0.3, 0.4) is 0 Å². The van der Waals surface area contributed by atoms with Crippen LogP contribution in [0.5, 0.6) is 0 Å². The van der Waals surface area contributed by atoms with Gasteiger partial charge in [0.15, 0.2) is 5.82 Å². The van der Waals surface area contributed by atoms with Gasteiger partial charge < -0.3 is 20.9 Å². The van der Waals surface area contributed by atoms with E-state index in [1.54, 1.807) is 37.4 Å². The molecule has 1 amide bonds. The van der Waals surface area contributed by atoms with Gasteiger partial charge in [-0.2, -0.15) is 10.1 Å². The minimum atomic E-state index is -0.0330. The minimum absolute atomic E-state index is 0.0330. The van der Waals surface area contributed by atoms with Crippen molar-refractivity contribution < 1.29 is 4.79 Å². The Morgan fingerprint density at radius 3 is 3.04 bits per heavy atom. The van der Waals surface area contributed by atoms with E-state index in [4.69, 9.17) is 11.6 Å². The van der Waals surface area contributed by atoms with Gasteiger partial charge in [-0.25, -0.2) is 4.98 Å². The third-order valence-corrected chi connectivity index (χ3v) is 4.38. The van der Waals surface area contributed by atoms with Gasteiger partial charge in [0.25, 0.3) is 0 Å². The van der Waals surface area contributed by atoms with Gasteiger partial charge in [0, 0.05) is 32.9 Å². The zero-order valence-electron chi connectivity index (χ0n) is 14.9. The predicted molar refractivity (Wildman–Crippen MR) is 101 cm³/mol. The number of carbonyl (C=O) groups is 1. The topological polar surface area (TPSA) is 100 Å². The molecule has 10 heteroatoms. The molecule has 1 fully saturated rings. The van der Waals surface area contributed by atoms with Gasteiger partial charge in [-0.05, 0) is 19.4 Å². The first-order valence-corrected chi connectivity index (χ1v) is 8.88. The Labute approximate surface area is 157 Å². The van der Waals surface area contributed by atoms with E-state index in [9.17, 15) is 4.79 Å². The molecule has 0 aromatic carbocycles. The van der Waals surface area contributed by atoms with Gasteiger partial charge in [-0.3, -0.25) is 9.48 Å². The fourth-order valence-corrected chi connectivity index (χ4v) is 2.78. The molecule has 3 heterocycles. The summed E-state index contributed by atoms with van der Waals surface area (Å²) in [5.74, 6) is 0.970. The van der Waals surface area contributed by atoms with E-state index in [-0.39, 0.29) is 12.5 Å². The largest absolute Gasteiger partial charge is 0.367 e. The van der Waals surface area contributed by atoms with Crippen LogP contribution in [0.1, 0.15) is 12.8 Å². The summed E-state index contributed by atoms with van der Waals surface area (Å²) < 4.78 is 1.56. The molecular formula is C16H23ClN8O. The summed E-state index contributed by atoms with van der Waals surface area (Å²) in [6.07, 6.45) is 7.25. The molecule has 0 radical (unpaired) electrons. The Hall–Kier alpha value is -2.39. The number of likely N-dealkylation sites (N-methyl/N-ethyl adjacent to an activating group) is 1. The van der Waals surface area contributed by atoms with E-state index >= 15 is 0 Å². The maximum absolute atomic E-state index is 11.7. The fraction of sp³-hybridized carbons (Fsp3) is 0.500. The third-order valence-electron chi connectivity index (χ3n) is 4.11. The molecule has 3 N–H and O–H groups in total. The summed E-state index contributed by atoms with van der Waals surface area (Å²) in [5.41, 5.74) is 0.697. The smallest absolute Gasteiger partial charge is 0.243 e. The van der Waals surface area contributed by atoms with Crippen molar-refractivity contribution in [3.05, 3.63) is 23.6 Å². The molecule has 1 aliphatic heterocycles. The van der Waals surface area contributed by atoms with E-state index in [1.165, 1.54) is 11.3 Å². The highest BCUT2D eigenvalue weighted by molar-refractivity contribution is 6.32. The van der Waals surface area contributed by atoms with Crippen molar-refractivity contribution >= 4 is 35.0 Å². The number of halogens is 1. The number of carbonyl (C=O) groups excluding carboxylic acids is 1. The van der Waals surface area contributed by atoms with Crippen LogP contribution in [-0.2, 0) is 11.3 Å². The fourth-order valence-electron chi connectivity index (χ4n) is 2.63. The van der Waals surface area contributed by atoms with Gasteiger partial charge in [-0.1, -0.05) is 11.6 Å². The van der Waals surface area contributed by atoms with Crippen LogP contribution in [0.2, 0.25) is 5.02 Å². The zero-order chi connectivity index (χ0) is 18.5. The molecule has 0 unspecified atom stereocenters. The molecule has 3 rings (SSSR count). The zero-order valence-corrected chi connectivity index (χ0v) is 15.6. The van der Waals surface area contributed by atoms with Crippen LogP contribution >= 0.6 is 11.6 Å². The molecule has 9 nitrogen and oxygen atoms in total. The van der Waals surface area contributed by atoms with Crippen LogP contribution in [0.15, 0.2) is 18.6 Å². The monoisotopic (exact) mass is 378 g/mol. The lowest BCUT2D eigenvalue weighted by molar-refractivity contribution is -0.129. The standard InChI is InChI=1S/C16H23ClN8O/c1-24(2)14(26)10-25-9-12(7-21-25)22-16-20-8-13(17)15(23-16)19-6-11-4-3-5-18-11/h7-9,11,18H,3-6,10H2,1-2H3,(H2,19,20,22,23)/t11-/m1/s1. The number of nitrogens with zero attached hydrogens (tertiary/aromatic N) is 5. The molecular weight excluding hydrogens is 356 g/mol. The summed E-state index contributed by atoms with van der Waals surface area (Å²) in [5, 5.41) is 14.4. The van der Waals surface area contributed by atoms with Gasteiger partial charge in [0.2, 0.25) is 11.9 Å². The molecule has 1 atom stereocenters. The van der Waals surface area contributed by atoms with E-state index < -0.39 is 0 Å². The molecule has 0 bridgehead atoms. The minimum Gasteiger partial charge on any atom is -0.367 e. The van der Waals surface area contributed by atoms with Crippen LogP contribution in [0.4, 0.5) is 17.5 Å². The second-order valence-corrected chi connectivity index (χ2v) is 6.81. The predicted octanol–water partition coefficient (Wildman–Crippen LogP) is 1.32. The van der Waals surface area contributed by atoms with E-state index in [0.717, 1.165) is 19.5 Å². The van der Waals surface area contributed by atoms with Crippen LogP contribution in [0.25, 0.3) is 0 Å². The lowest BCUT2D eigenvalue weighted by Crippen LogP contribution is -2.29. The first-order chi connectivity index (χ1) is 12.5. The first-order valence-electron chi connectivity index (χ1n) is 8.50. The molecule has 0 spiro atoms. The average Bonchev–Trinajstić information content (AvgIpc) is 3.27. The SMILES string of the molecule is CN(C)C(=O)Cn1cc(Nc2ncc(Cl)c(NC[C@H]3CCCN3)n2)cn1. The summed E-state index contributed by atoms with van der Waals surface area (Å²) in [7, 11) is 3.42. The van der Waals surface area contributed by atoms with Crippen molar-refractivity contribution in [3.63, 3.8) is 0 Å². The number of nitrogens with one attached hydrogen (secondary N) is 3. The Bertz CT molecular complexity index is 756. The van der Waals surface area contributed by atoms with Crippen molar-refractivity contribution in [3.8, 4) is 0 Å². The van der Waals surface area contributed by atoms with Crippen molar-refractivity contribution in [2.75, 3.05) is 37.8 Å². The number of amides is 1. The summed E-state index contributed by atoms with van der Waals surface area (Å²) >= 11 is 6.18. The molecule has 2 aromatic rings. The molecule has 26 heavy (non-hydrogen) atoms. The molecule has 1 aliphatic rings. The van der Waals surface area contributed by atoms with E-state index in [0.29, 0.717) is 28.5 Å². The second kappa shape index (κ2) is 8.33. The summed E-state index contributed by atoms with van der Waals surface area (Å²) in [4.78, 5) is 21.9. The molecule has 140 valence electrons. The number of aromatic nitrogens is 4. The summed E-state index contributed by atoms with van der Waals surface area (Å²) in [6.45, 7) is 2.00. The maximum Gasteiger partial charge on any atom is 0.243 e. The normalized spacial score (nSPS) is 16.5. The average molecular weight is 379 g/mol. The molecule has 1 saturated heterocycles. The lowest BCUT2D eigenvalue weighted by atomic mass is 10.2. The molecule has 2 aromatic heterocycles. The van der Waals surface area contributed by atoms with E-state index in [1.807, 2.05) is 0 Å². The van der Waals surface area contributed by atoms with Crippen molar-refractivity contribution in [2.24, 2.45) is 0 Å². The second-order valence-electron chi connectivity index (χ2n) is 6.40. The van der Waals surface area contributed by atoms with E-state index in [2.05, 4.69) is 31.0 Å². The van der Waals surface area contributed by atoms with Crippen molar-refractivity contribution in [2.45, 2.75) is 25.4 Å². The van der Waals surface area contributed by atoms with Crippen molar-refractivity contribution in [1.29, 1.82) is 0 Å². The maximum atomic E-state index is 11.7. The van der Waals surface area contributed by atoms with Crippen molar-refractivity contribution in [1.82, 2.24) is 30.0 Å². The van der Waals surface area contributed by atoms with Gasteiger partial charge in [-0.15, -0.1) is 0 Å². The Morgan fingerprint density at radius 1 is 1.46 bits per heavy atom. The van der Waals surface area contributed by atoms with Gasteiger partial charge in [0.1, 0.15) is 11.6 Å². The quantitative estimate of drug-likeness (QED) is 0.668. The Kier molecular flexibility index (Phi) is 5.89. The Balaban J connectivity index is 1.61. The van der Waals surface area contributed by atoms with Gasteiger partial charge in [0.05, 0.1) is 18.1 Å². The third kappa shape index (κ3) is 4.83. The lowest BCUT2D eigenvalue weighted by Gasteiger charge is -2.13. The number of hydrogen-bond donors (Lipinski definition) is 3. The van der Waals surface area contributed by atoms with Gasteiger partial charge >= 0.3 is 0 Å². The highest BCUT2D eigenvalue weighted by Gasteiger charge is 2.15. The molecule has 0 saturated carbocycles. The first kappa shape index (κ1) is 18.4. The van der Waals surface area contributed by atoms with Crippen LogP contribution in [-0.4, -0.2) is 63.8 Å². The van der Waals surface area contributed by atoms with Crippen LogP contribution in [0, 0.1) is 0 Å². The number of anilines is 3. The highest BCUT2D eigenvalue weighted by Crippen LogP contribution is 2.21. The molecule has 0 aliphatic carbocycles. The Morgan fingerprint density at radius 2 is 2.31 bits per heavy atom.